The van der Waals surface area contributed by atoms with E-state index in [2.05, 4.69) is 0 Å². The number of ether oxygens (including phenoxy) is 2. The van der Waals surface area contributed by atoms with Crippen LogP contribution >= 0.6 is 0 Å². The van der Waals surface area contributed by atoms with Gasteiger partial charge in [0.05, 0.1) is 7.11 Å². The van der Waals surface area contributed by atoms with E-state index in [4.69, 9.17) is 9.47 Å². The lowest BCUT2D eigenvalue weighted by Gasteiger charge is -2.40. The lowest BCUT2D eigenvalue weighted by molar-refractivity contribution is -0.147. The van der Waals surface area contributed by atoms with E-state index < -0.39 is 12.0 Å². The Morgan fingerprint density at radius 1 is 0.941 bits per heavy atom. The molecule has 2 unspecified atom stereocenters. The van der Waals surface area contributed by atoms with Crippen LogP contribution in [0.25, 0.3) is 10.8 Å². The highest BCUT2D eigenvalue weighted by atomic mass is 16.6. The number of carbonyl (C=O) groups excluding carboxylic acids is 2. The van der Waals surface area contributed by atoms with Crippen LogP contribution < -0.4 is 0 Å². The topological polar surface area (TPSA) is 101 Å². The molecule has 3 atom stereocenters. The van der Waals surface area contributed by atoms with E-state index in [1.807, 2.05) is 30.3 Å². The van der Waals surface area contributed by atoms with Crippen molar-refractivity contribution in [2.75, 3.05) is 7.11 Å². The molecule has 2 fully saturated rings. The number of benzene rings is 2. The van der Waals surface area contributed by atoms with E-state index in [-0.39, 0.29) is 42.5 Å². The van der Waals surface area contributed by atoms with Crippen LogP contribution in [0.15, 0.2) is 54.6 Å². The normalized spacial score (nSPS) is 22.5. The van der Waals surface area contributed by atoms with Gasteiger partial charge in [0.1, 0.15) is 12.6 Å². The number of nitrogens with zero attached hydrogens (tertiary/aromatic N) is 2. The Labute approximate surface area is 197 Å². The van der Waals surface area contributed by atoms with Crippen LogP contribution in [-0.2, 0) is 20.9 Å². The Balaban J connectivity index is 1.38. The van der Waals surface area contributed by atoms with E-state index in [1.54, 1.807) is 29.2 Å². The van der Waals surface area contributed by atoms with Crippen molar-refractivity contribution in [3.8, 4) is 11.8 Å². The number of piperidine rings is 1. The molecule has 2 aliphatic heterocycles. The molecule has 1 amide bonds. The maximum absolute atomic E-state index is 12.9. The van der Waals surface area contributed by atoms with Crippen LogP contribution in [-0.4, -0.2) is 50.9 Å². The summed E-state index contributed by atoms with van der Waals surface area (Å²) in [5.74, 6) is -1.08. The maximum atomic E-state index is 12.9. The number of fused-ring (bicyclic) bond motifs is 3. The third kappa shape index (κ3) is 3.73. The number of carbonyl (C=O) groups is 2. The van der Waals surface area contributed by atoms with Gasteiger partial charge in [0.2, 0.25) is 11.8 Å². The Bertz CT molecular complexity index is 1150. The van der Waals surface area contributed by atoms with Crippen LogP contribution in [0.3, 0.4) is 0 Å². The fraction of sp³-hybridized carbons (Fsp3) is 0.385. The first kappa shape index (κ1) is 22.1. The summed E-state index contributed by atoms with van der Waals surface area (Å²) in [6.45, 7) is 0.210. The van der Waals surface area contributed by atoms with Gasteiger partial charge in [-0.25, -0.2) is 9.59 Å². The zero-order valence-corrected chi connectivity index (χ0v) is 19.0. The molecular formula is C26H28N2O6. The van der Waals surface area contributed by atoms with Crippen LogP contribution in [0.4, 0.5) is 4.79 Å². The molecule has 0 saturated carbocycles. The molecule has 1 aromatic heterocycles. The Hall–Kier alpha value is -3.68. The Kier molecular flexibility index (Phi) is 5.81. The highest BCUT2D eigenvalue weighted by Crippen LogP contribution is 2.47. The van der Waals surface area contributed by atoms with Gasteiger partial charge in [0.15, 0.2) is 0 Å². The second kappa shape index (κ2) is 8.93. The summed E-state index contributed by atoms with van der Waals surface area (Å²) in [6.07, 6.45) is 2.39. The van der Waals surface area contributed by atoms with Crippen molar-refractivity contribution in [2.45, 2.75) is 50.4 Å². The van der Waals surface area contributed by atoms with Crippen molar-refractivity contribution in [1.29, 1.82) is 0 Å². The molecule has 0 radical (unpaired) electrons. The fourth-order valence-electron chi connectivity index (χ4n) is 5.69. The fourth-order valence-corrected chi connectivity index (χ4v) is 5.69. The zero-order valence-electron chi connectivity index (χ0n) is 19.0. The molecule has 5 rings (SSSR count). The largest absolute Gasteiger partial charge is 0.494 e. The van der Waals surface area contributed by atoms with Gasteiger partial charge in [0, 0.05) is 22.9 Å². The molecule has 0 spiro atoms. The van der Waals surface area contributed by atoms with Crippen LogP contribution in [0.1, 0.15) is 37.3 Å². The van der Waals surface area contributed by atoms with Gasteiger partial charge in [-0.3, -0.25) is 4.57 Å². The molecule has 178 valence electrons. The minimum atomic E-state index is -0.900. The molecule has 34 heavy (non-hydrogen) atoms. The van der Waals surface area contributed by atoms with Crippen LogP contribution in [0, 0.1) is 5.92 Å². The second-order valence-electron chi connectivity index (χ2n) is 9.09. The molecule has 3 aromatic rings. The molecule has 0 aliphatic carbocycles. The molecule has 3 heterocycles. The number of esters is 1. The van der Waals surface area contributed by atoms with Crippen molar-refractivity contribution in [3.63, 3.8) is 0 Å². The maximum Gasteiger partial charge on any atom is 0.410 e. The lowest BCUT2D eigenvalue weighted by atomic mass is 9.84. The first-order valence-corrected chi connectivity index (χ1v) is 11.6. The minimum absolute atomic E-state index is 0.0755. The van der Waals surface area contributed by atoms with E-state index in [1.165, 1.54) is 11.7 Å². The molecule has 8 nitrogen and oxygen atoms in total. The predicted octanol–water partition coefficient (Wildman–Crippen LogP) is 4.35. The standard InChI is InChI=1S/C26H28N2O6/c1-33-25(31)22(28-23(29)20-9-5-6-10-21(20)24(28)30)17-13-18-11-12-19(14-17)27(18)26(32)34-15-16-7-3-2-4-8-16/h2-10,17-19,22,29-30H,11-15H2,1H3/t17?,18?,19?,22-/m0/s1. The van der Waals surface area contributed by atoms with Gasteiger partial charge in [-0.2, -0.15) is 0 Å². The minimum Gasteiger partial charge on any atom is -0.494 e. The summed E-state index contributed by atoms with van der Waals surface area (Å²) >= 11 is 0. The third-order valence-electron chi connectivity index (χ3n) is 7.22. The molecular weight excluding hydrogens is 436 g/mol. The Morgan fingerprint density at radius 2 is 1.50 bits per heavy atom. The van der Waals surface area contributed by atoms with E-state index >= 15 is 0 Å². The van der Waals surface area contributed by atoms with E-state index in [0.29, 0.717) is 23.6 Å². The first-order chi connectivity index (χ1) is 16.5. The summed E-state index contributed by atoms with van der Waals surface area (Å²) in [7, 11) is 1.30. The molecule has 2 saturated heterocycles. The highest BCUT2D eigenvalue weighted by Gasteiger charge is 2.48. The second-order valence-corrected chi connectivity index (χ2v) is 9.09. The molecule has 2 aromatic carbocycles. The van der Waals surface area contributed by atoms with Crippen molar-refractivity contribution < 1.29 is 29.3 Å². The monoisotopic (exact) mass is 464 g/mol. The zero-order chi connectivity index (χ0) is 23.8. The number of amides is 1. The van der Waals surface area contributed by atoms with E-state index in [0.717, 1.165) is 18.4 Å². The number of hydrogen-bond acceptors (Lipinski definition) is 6. The van der Waals surface area contributed by atoms with Gasteiger partial charge in [-0.1, -0.05) is 42.5 Å². The van der Waals surface area contributed by atoms with Crippen molar-refractivity contribution in [1.82, 2.24) is 9.47 Å². The summed E-state index contributed by atoms with van der Waals surface area (Å²) in [5.41, 5.74) is 0.925. The quantitative estimate of drug-likeness (QED) is 0.545. The molecule has 2 N–H and O–H groups in total. The summed E-state index contributed by atoms with van der Waals surface area (Å²) < 4.78 is 12.0. The molecule has 8 heteroatoms. The number of rotatable bonds is 5. The SMILES string of the molecule is COC(=O)[C@H](C1CC2CCC(C1)N2C(=O)OCc1ccccc1)n1c(O)c2ccccc2c1O. The van der Waals surface area contributed by atoms with Crippen LogP contribution in [0.2, 0.25) is 0 Å². The number of aromatic hydroxyl groups is 2. The molecule has 2 aliphatic rings. The average Bonchev–Trinajstić information content (AvgIpc) is 3.28. The Morgan fingerprint density at radius 3 is 2.06 bits per heavy atom. The van der Waals surface area contributed by atoms with Crippen LogP contribution in [0.5, 0.6) is 11.8 Å². The summed E-state index contributed by atoms with van der Waals surface area (Å²) in [6, 6.07) is 15.4. The van der Waals surface area contributed by atoms with Crippen molar-refractivity contribution >= 4 is 22.8 Å². The average molecular weight is 465 g/mol. The van der Waals surface area contributed by atoms with Gasteiger partial charge >= 0.3 is 12.1 Å². The summed E-state index contributed by atoms with van der Waals surface area (Å²) in [5, 5.41) is 22.7. The smallest absolute Gasteiger partial charge is 0.410 e. The summed E-state index contributed by atoms with van der Waals surface area (Å²) in [4.78, 5) is 27.7. The van der Waals surface area contributed by atoms with Crippen molar-refractivity contribution in [2.24, 2.45) is 5.92 Å². The number of aromatic nitrogens is 1. The highest BCUT2D eigenvalue weighted by molar-refractivity contribution is 5.94. The van der Waals surface area contributed by atoms with Gasteiger partial charge < -0.3 is 24.6 Å². The number of hydrogen-bond donors (Lipinski definition) is 2. The molecule has 2 bridgehead atoms. The predicted molar refractivity (Wildman–Crippen MR) is 124 cm³/mol. The van der Waals surface area contributed by atoms with Gasteiger partial charge in [-0.15, -0.1) is 0 Å². The van der Waals surface area contributed by atoms with Gasteiger partial charge in [-0.05, 0) is 49.3 Å². The van der Waals surface area contributed by atoms with Gasteiger partial charge in [0.25, 0.3) is 0 Å². The number of methoxy groups -OCH3 is 1. The van der Waals surface area contributed by atoms with E-state index in [9.17, 15) is 19.8 Å². The lowest BCUT2D eigenvalue weighted by Crippen LogP contribution is -2.49. The third-order valence-corrected chi connectivity index (χ3v) is 7.22. The first-order valence-electron chi connectivity index (χ1n) is 11.6. The van der Waals surface area contributed by atoms with Crippen molar-refractivity contribution in [3.05, 3.63) is 60.2 Å².